The van der Waals surface area contributed by atoms with Gasteiger partial charge in [0.05, 0.1) is 4.90 Å². The topological polar surface area (TPSA) is 70.2 Å². The largest absolute Gasteiger partial charge is 0.358 e. The van der Waals surface area contributed by atoms with Crippen LogP contribution < -0.4 is 0 Å². The van der Waals surface area contributed by atoms with Gasteiger partial charge in [-0.15, -0.1) is 0 Å². The minimum atomic E-state index is -3.33. The predicted molar refractivity (Wildman–Crippen MR) is 96.3 cm³/mol. The number of hydrogen-bond donors (Lipinski definition) is 1. The standard InChI is InChI=1S/C19H18N2O3S/c1-25(23,24)14-6-4-5-13(11-14)19(22)21-10-9-18-16(12-21)15-7-2-3-8-17(15)20-18/h2-8,11,20H,9-10,12H2,1H3. The van der Waals surface area contributed by atoms with Crippen molar-refractivity contribution in [2.45, 2.75) is 17.9 Å². The number of carbonyl (C=O) groups is 1. The lowest BCUT2D eigenvalue weighted by molar-refractivity contribution is 0.0735. The lowest BCUT2D eigenvalue weighted by Gasteiger charge is -2.27. The molecule has 3 aromatic rings. The number of carbonyl (C=O) groups excluding carboxylic acids is 1. The lowest BCUT2D eigenvalue weighted by atomic mass is 10.0. The third-order valence-corrected chi connectivity index (χ3v) is 5.79. The van der Waals surface area contributed by atoms with Crippen LogP contribution in [0, 0.1) is 0 Å². The van der Waals surface area contributed by atoms with Crippen molar-refractivity contribution in [1.82, 2.24) is 9.88 Å². The fraction of sp³-hybridized carbons (Fsp3) is 0.211. The molecule has 0 saturated heterocycles. The van der Waals surface area contributed by atoms with Crippen LogP contribution in [0.5, 0.6) is 0 Å². The van der Waals surface area contributed by atoms with Gasteiger partial charge < -0.3 is 9.88 Å². The van der Waals surface area contributed by atoms with Crippen molar-refractivity contribution >= 4 is 26.6 Å². The van der Waals surface area contributed by atoms with Gasteiger partial charge >= 0.3 is 0 Å². The summed E-state index contributed by atoms with van der Waals surface area (Å²) in [6.45, 7) is 1.14. The van der Waals surface area contributed by atoms with Gasteiger partial charge in [0.25, 0.3) is 5.91 Å². The summed E-state index contributed by atoms with van der Waals surface area (Å²) in [5.74, 6) is -0.138. The maximum absolute atomic E-state index is 12.9. The maximum Gasteiger partial charge on any atom is 0.254 e. The molecule has 1 aliphatic heterocycles. The average Bonchev–Trinajstić information content (AvgIpc) is 2.98. The predicted octanol–water partition coefficient (Wildman–Crippen LogP) is 2.77. The zero-order valence-corrected chi connectivity index (χ0v) is 14.6. The van der Waals surface area contributed by atoms with Crippen LogP contribution in [0.4, 0.5) is 0 Å². The Labute approximate surface area is 146 Å². The molecule has 6 heteroatoms. The Balaban J connectivity index is 1.67. The van der Waals surface area contributed by atoms with Gasteiger partial charge in [-0.2, -0.15) is 0 Å². The molecule has 0 aliphatic carbocycles. The minimum absolute atomic E-state index is 0.138. The second-order valence-corrected chi connectivity index (χ2v) is 8.42. The van der Waals surface area contributed by atoms with Crippen molar-refractivity contribution in [3.05, 3.63) is 65.4 Å². The Hall–Kier alpha value is -2.60. The first-order chi connectivity index (χ1) is 11.9. The number of benzene rings is 2. The Kier molecular flexibility index (Phi) is 3.65. The van der Waals surface area contributed by atoms with Crippen LogP contribution in [-0.2, 0) is 22.8 Å². The Morgan fingerprint density at radius 2 is 1.92 bits per heavy atom. The molecule has 5 nitrogen and oxygen atoms in total. The summed E-state index contributed by atoms with van der Waals surface area (Å²) in [5.41, 5.74) is 3.82. The fourth-order valence-electron chi connectivity index (χ4n) is 3.38. The van der Waals surface area contributed by atoms with Gasteiger partial charge in [-0.25, -0.2) is 8.42 Å². The molecule has 2 aromatic carbocycles. The minimum Gasteiger partial charge on any atom is -0.358 e. The average molecular weight is 354 g/mol. The number of H-pyrrole nitrogens is 1. The van der Waals surface area contributed by atoms with Crippen LogP contribution in [-0.4, -0.2) is 37.0 Å². The van der Waals surface area contributed by atoms with Gasteiger partial charge in [0, 0.05) is 53.5 Å². The highest BCUT2D eigenvalue weighted by Crippen LogP contribution is 2.28. The molecule has 1 aliphatic rings. The second kappa shape index (κ2) is 5.74. The Morgan fingerprint density at radius 3 is 2.72 bits per heavy atom. The van der Waals surface area contributed by atoms with Crippen molar-refractivity contribution in [3.8, 4) is 0 Å². The Bertz CT molecular complexity index is 1080. The molecule has 25 heavy (non-hydrogen) atoms. The van der Waals surface area contributed by atoms with E-state index in [0.29, 0.717) is 18.7 Å². The SMILES string of the molecule is CS(=O)(=O)c1cccc(C(=O)N2CCc3[nH]c4ccccc4c3C2)c1. The normalized spacial score (nSPS) is 14.5. The first-order valence-electron chi connectivity index (χ1n) is 8.11. The number of aromatic amines is 1. The first kappa shape index (κ1) is 15.9. The summed E-state index contributed by atoms with van der Waals surface area (Å²) >= 11 is 0. The number of nitrogens with one attached hydrogen (secondary N) is 1. The zero-order chi connectivity index (χ0) is 17.6. The number of fused-ring (bicyclic) bond motifs is 3. The van der Waals surface area contributed by atoms with E-state index in [2.05, 4.69) is 11.1 Å². The fourth-order valence-corrected chi connectivity index (χ4v) is 4.05. The summed E-state index contributed by atoms with van der Waals surface area (Å²) in [7, 11) is -3.33. The van der Waals surface area contributed by atoms with Crippen LogP contribution in [0.3, 0.4) is 0 Å². The molecule has 1 N–H and O–H groups in total. The highest BCUT2D eigenvalue weighted by Gasteiger charge is 2.25. The van der Waals surface area contributed by atoms with Crippen LogP contribution in [0.2, 0.25) is 0 Å². The zero-order valence-electron chi connectivity index (χ0n) is 13.8. The molecule has 0 fully saturated rings. The van der Waals surface area contributed by atoms with E-state index in [0.717, 1.165) is 29.1 Å². The maximum atomic E-state index is 12.9. The summed E-state index contributed by atoms with van der Waals surface area (Å²) in [6.07, 6.45) is 1.91. The summed E-state index contributed by atoms with van der Waals surface area (Å²) < 4.78 is 23.5. The van der Waals surface area contributed by atoms with Gasteiger partial charge in [-0.1, -0.05) is 24.3 Å². The lowest BCUT2D eigenvalue weighted by Crippen LogP contribution is -2.35. The monoisotopic (exact) mass is 354 g/mol. The van der Waals surface area contributed by atoms with Crippen LogP contribution >= 0.6 is 0 Å². The molecule has 0 spiro atoms. The van der Waals surface area contributed by atoms with Crippen molar-refractivity contribution in [2.24, 2.45) is 0 Å². The number of hydrogen-bond acceptors (Lipinski definition) is 3. The highest BCUT2D eigenvalue weighted by atomic mass is 32.2. The van der Waals surface area contributed by atoms with E-state index in [9.17, 15) is 13.2 Å². The summed E-state index contributed by atoms with van der Waals surface area (Å²) in [4.78, 5) is 18.2. The number of para-hydroxylation sites is 1. The van der Waals surface area contributed by atoms with E-state index in [1.165, 1.54) is 17.8 Å². The smallest absolute Gasteiger partial charge is 0.254 e. The van der Waals surface area contributed by atoms with E-state index in [1.54, 1.807) is 17.0 Å². The number of aromatic nitrogens is 1. The molecule has 0 saturated carbocycles. The molecule has 128 valence electrons. The number of nitrogens with zero attached hydrogens (tertiary/aromatic N) is 1. The Morgan fingerprint density at radius 1 is 1.12 bits per heavy atom. The number of rotatable bonds is 2. The van der Waals surface area contributed by atoms with Crippen LogP contribution in [0.1, 0.15) is 21.6 Å². The molecule has 0 unspecified atom stereocenters. The van der Waals surface area contributed by atoms with E-state index in [-0.39, 0.29) is 10.8 Å². The molecule has 2 heterocycles. The summed E-state index contributed by atoms with van der Waals surface area (Å²) in [5, 5.41) is 1.14. The van der Waals surface area contributed by atoms with E-state index in [1.807, 2.05) is 18.2 Å². The quantitative estimate of drug-likeness (QED) is 0.769. The first-order valence-corrected chi connectivity index (χ1v) is 10.0. The van der Waals surface area contributed by atoms with Gasteiger partial charge in [-0.3, -0.25) is 4.79 Å². The second-order valence-electron chi connectivity index (χ2n) is 6.40. The molecule has 0 radical (unpaired) electrons. The molecule has 1 amide bonds. The molecular formula is C19H18N2O3S. The van der Waals surface area contributed by atoms with Gasteiger partial charge in [0.2, 0.25) is 0 Å². The molecule has 0 atom stereocenters. The van der Waals surface area contributed by atoms with E-state index in [4.69, 9.17) is 0 Å². The third-order valence-electron chi connectivity index (χ3n) is 4.68. The van der Waals surface area contributed by atoms with E-state index >= 15 is 0 Å². The highest BCUT2D eigenvalue weighted by molar-refractivity contribution is 7.90. The summed E-state index contributed by atoms with van der Waals surface area (Å²) in [6, 6.07) is 14.3. The third kappa shape index (κ3) is 2.82. The van der Waals surface area contributed by atoms with Gasteiger partial charge in [-0.05, 0) is 24.3 Å². The molecular weight excluding hydrogens is 336 g/mol. The van der Waals surface area contributed by atoms with E-state index < -0.39 is 9.84 Å². The van der Waals surface area contributed by atoms with Gasteiger partial charge in [0.15, 0.2) is 9.84 Å². The number of sulfone groups is 1. The van der Waals surface area contributed by atoms with Crippen molar-refractivity contribution < 1.29 is 13.2 Å². The van der Waals surface area contributed by atoms with Gasteiger partial charge in [0.1, 0.15) is 0 Å². The molecule has 4 rings (SSSR count). The number of amides is 1. The van der Waals surface area contributed by atoms with Crippen LogP contribution in [0.15, 0.2) is 53.4 Å². The molecule has 0 bridgehead atoms. The van der Waals surface area contributed by atoms with Crippen molar-refractivity contribution in [3.63, 3.8) is 0 Å². The molecule has 1 aromatic heterocycles. The van der Waals surface area contributed by atoms with Crippen molar-refractivity contribution in [1.29, 1.82) is 0 Å². The van der Waals surface area contributed by atoms with Crippen molar-refractivity contribution in [2.75, 3.05) is 12.8 Å². The van der Waals surface area contributed by atoms with Crippen LogP contribution in [0.25, 0.3) is 10.9 Å².